The molecule has 0 saturated carbocycles. The second kappa shape index (κ2) is 4.87. The number of halogens is 1. The van der Waals surface area contributed by atoms with Crippen LogP contribution in [-0.2, 0) is 4.74 Å². The van der Waals surface area contributed by atoms with Crippen LogP contribution in [0.2, 0.25) is 0 Å². The number of anilines is 2. The Kier molecular flexibility index (Phi) is 3.61. The Hall–Kier alpha value is -1.82. The molecule has 0 aromatic heterocycles. The average Bonchev–Trinajstić information content (AvgIpc) is 2.27. The van der Waals surface area contributed by atoms with E-state index in [-0.39, 0.29) is 5.69 Å². The second-order valence-corrected chi connectivity index (χ2v) is 6.67. The number of aromatic carboxylic acids is 1. The zero-order valence-electron chi connectivity index (χ0n) is 12.7. The predicted octanol–water partition coefficient (Wildman–Crippen LogP) is 2.50. The molecule has 1 aromatic rings. The summed E-state index contributed by atoms with van der Waals surface area (Å²) in [6.07, 6.45) is 0. The Morgan fingerprint density at radius 2 is 1.81 bits per heavy atom. The molecular weight excluding hydrogens is 275 g/mol. The largest absolute Gasteiger partial charge is 0.478 e. The molecule has 1 aliphatic heterocycles. The minimum atomic E-state index is -1.33. The van der Waals surface area contributed by atoms with Crippen LogP contribution in [0.15, 0.2) is 12.1 Å². The second-order valence-electron chi connectivity index (χ2n) is 6.67. The van der Waals surface area contributed by atoms with Crippen LogP contribution >= 0.6 is 0 Å². The number of ether oxygens (including phenoxy) is 1. The molecule has 21 heavy (non-hydrogen) atoms. The van der Waals surface area contributed by atoms with Gasteiger partial charge < -0.3 is 20.5 Å². The van der Waals surface area contributed by atoms with Crippen LogP contribution < -0.4 is 10.6 Å². The molecule has 1 aliphatic rings. The van der Waals surface area contributed by atoms with Gasteiger partial charge in [0.15, 0.2) is 0 Å². The van der Waals surface area contributed by atoms with Crippen molar-refractivity contribution in [3.63, 3.8) is 0 Å². The van der Waals surface area contributed by atoms with Crippen molar-refractivity contribution in [3.8, 4) is 0 Å². The maximum Gasteiger partial charge on any atom is 0.338 e. The molecule has 0 bridgehead atoms. The first-order valence-corrected chi connectivity index (χ1v) is 6.78. The molecule has 1 saturated heterocycles. The minimum absolute atomic E-state index is 0.252. The van der Waals surface area contributed by atoms with E-state index in [4.69, 9.17) is 15.6 Å². The first kappa shape index (κ1) is 15.6. The molecule has 0 aliphatic carbocycles. The summed E-state index contributed by atoms with van der Waals surface area (Å²) in [6, 6.07) is 2.36. The average molecular weight is 296 g/mol. The first-order chi connectivity index (χ1) is 9.51. The van der Waals surface area contributed by atoms with Crippen LogP contribution in [0.4, 0.5) is 15.8 Å². The number of morpholine rings is 1. The highest BCUT2D eigenvalue weighted by atomic mass is 19.1. The minimum Gasteiger partial charge on any atom is -0.478 e. The number of benzene rings is 1. The third-order valence-corrected chi connectivity index (χ3v) is 3.38. The summed E-state index contributed by atoms with van der Waals surface area (Å²) in [5.74, 6) is -2.11. The van der Waals surface area contributed by atoms with Crippen molar-refractivity contribution >= 4 is 17.3 Å². The van der Waals surface area contributed by atoms with Crippen molar-refractivity contribution in [1.29, 1.82) is 0 Å². The highest BCUT2D eigenvalue weighted by Gasteiger charge is 2.39. The van der Waals surface area contributed by atoms with E-state index in [1.54, 1.807) is 0 Å². The molecule has 0 unspecified atom stereocenters. The molecule has 1 fully saturated rings. The molecule has 3 N–H and O–H groups in total. The van der Waals surface area contributed by atoms with Crippen molar-refractivity contribution in [1.82, 2.24) is 0 Å². The van der Waals surface area contributed by atoms with E-state index in [1.165, 1.54) is 12.1 Å². The van der Waals surface area contributed by atoms with Gasteiger partial charge in [-0.1, -0.05) is 0 Å². The molecule has 5 nitrogen and oxygen atoms in total. The Labute approximate surface area is 123 Å². The van der Waals surface area contributed by atoms with Crippen LogP contribution in [-0.4, -0.2) is 35.4 Å². The third-order valence-electron chi connectivity index (χ3n) is 3.38. The van der Waals surface area contributed by atoms with E-state index in [1.807, 2.05) is 32.6 Å². The quantitative estimate of drug-likeness (QED) is 0.820. The van der Waals surface area contributed by atoms with E-state index < -0.39 is 28.6 Å². The maximum atomic E-state index is 13.9. The Bertz CT molecular complexity index is 569. The Balaban J connectivity index is 2.42. The lowest BCUT2D eigenvalue weighted by Gasteiger charge is -2.48. The standard InChI is InChI=1S/C15H21FN2O3/c1-14(2)7-18(8-15(3,4)21-14)12-6-10(16)9(13(19)20)5-11(12)17/h5-6H,7-8,17H2,1-4H3,(H,19,20). The Morgan fingerprint density at radius 1 is 1.29 bits per heavy atom. The normalized spacial score (nSPS) is 20.3. The summed E-state index contributed by atoms with van der Waals surface area (Å²) >= 11 is 0. The van der Waals surface area contributed by atoms with Crippen LogP contribution in [0.1, 0.15) is 38.1 Å². The van der Waals surface area contributed by atoms with Gasteiger partial charge in [-0.05, 0) is 33.8 Å². The number of rotatable bonds is 2. The molecule has 0 spiro atoms. The molecule has 2 rings (SSSR count). The summed E-state index contributed by atoms with van der Waals surface area (Å²) in [5, 5.41) is 8.93. The van der Waals surface area contributed by atoms with Crippen molar-refractivity contribution in [2.45, 2.75) is 38.9 Å². The lowest BCUT2D eigenvalue weighted by atomic mass is 9.97. The molecule has 6 heteroatoms. The van der Waals surface area contributed by atoms with Gasteiger partial charge in [0, 0.05) is 19.2 Å². The fraction of sp³-hybridized carbons (Fsp3) is 0.533. The topological polar surface area (TPSA) is 75.8 Å². The van der Waals surface area contributed by atoms with Gasteiger partial charge in [-0.2, -0.15) is 0 Å². The first-order valence-electron chi connectivity index (χ1n) is 6.78. The fourth-order valence-electron chi connectivity index (χ4n) is 2.98. The van der Waals surface area contributed by atoms with Gasteiger partial charge in [0.25, 0.3) is 0 Å². The third kappa shape index (κ3) is 3.26. The highest BCUT2D eigenvalue weighted by Crippen LogP contribution is 2.35. The molecule has 0 amide bonds. The van der Waals surface area contributed by atoms with E-state index in [2.05, 4.69) is 0 Å². The van der Waals surface area contributed by atoms with Crippen molar-refractivity contribution < 1.29 is 19.0 Å². The summed E-state index contributed by atoms with van der Waals surface area (Å²) in [4.78, 5) is 12.9. The Morgan fingerprint density at radius 3 is 2.29 bits per heavy atom. The zero-order valence-corrected chi connectivity index (χ0v) is 12.7. The summed E-state index contributed by atoms with van der Waals surface area (Å²) < 4.78 is 19.9. The van der Waals surface area contributed by atoms with Gasteiger partial charge in [0.1, 0.15) is 5.82 Å². The maximum absolute atomic E-state index is 13.9. The van der Waals surface area contributed by atoms with Crippen LogP contribution in [0.3, 0.4) is 0 Å². The monoisotopic (exact) mass is 296 g/mol. The fourth-order valence-corrected chi connectivity index (χ4v) is 2.98. The van der Waals surface area contributed by atoms with Gasteiger partial charge in [-0.3, -0.25) is 0 Å². The van der Waals surface area contributed by atoms with Crippen LogP contribution in [0, 0.1) is 5.82 Å². The van der Waals surface area contributed by atoms with E-state index in [0.29, 0.717) is 18.8 Å². The van der Waals surface area contributed by atoms with E-state index >= 15 is 0 Å². The molecule has 1 aromatic carbocycles. The molecular formula is C15H21FN2O3. The van der Waals surface area contributed by atoms with Crippen molar-refractivity contribution in [3.05, 3.63) is 23.5 Å². The predicted molar refractivity (Wildman–Crippen MR) is 79.2 cm³/mol. The molecule has 1 heterocycles. The van der Waals surface area contributed by atoms with Gasteiger partial charge in [0.05, 0.1) is 28.1 Å². The van der Waals surface area contributed by atoms with E-state index in [0.717, 1.165) is 0 Å². The van der Waals surface area contributed by atoms with Gasteiger partial charge in [-0.25, -0.2) is 9.18 Å². The SMILES string of the molecule is CC1(C)CN(c2cc(F)c(C(=O)O)cc2N)CC(C)(C)O1. The number of carboxylic acid groups (broad SMARTS) is 1. The van der Waals surface area contributed by atoms with Gasteiger partial charge >= 0.3 is 5.97 Å². The smallest absolute Gasteiger partial charge is 0.338 e. The summed E-state index contributed by atoms with van der Waals surface area (Å²) in [6.45, 7) is 8.93. The zero-order chi connectivity index (χ0) is 16.0. The lowest BCUT2D eigenvalue weighted by molar-refractivity contribution is -0.133. The molecule has 0 radical (unpaired) electrons. The summed E-state index contributed by atoms with van der Waals surface area (Å²) in [7, 11) is 0. The van der Waals surface area contributed by atoms with E-state index in [9.17, 15) is 9.18 Å². The molecule has 116 valence electrons. The van der Waals surface area contributed by atoms with Crippen LogP contribution in [0.25, 0.3) is 0 Å². The van der Waals surface area contributed by atoms with Crippen molar-refractivity contribution in [2.75, 3.05) is 23.7 Å². The van der Waals surface area contributed by atoms with Crippen LogP contribution in [0.5, 0.6) is 0 Å². The number of nitrogen functional groups attached to an aromatic ring is 1. The number of carbonyl (C=O) groups is 1. The van der Waals surface area contributed by atoms with Gasteiger partial charge in [0.2, 0.25) is 0 Å². The van der Waals surface area contributed by atoms with Gasteiger partial charge in [-0.15, -0.1) is 0 Å². The number of carboxylic acids is 1. The number of nitrogens with zero attached hydrogens (tertiary/aromatic N) is 1. The number of hydrogen-bond acceptors (Lipinski definition) is 4. The highest BCUT2D eigenvalue weighted by molar-refractivity contribution is 5.91. The van der Waals surface area contributed by atoms with Crippen molar-refractivity contribution in [2.24, 2.45) is 0 Å². The lowest BCUT2D eigenvalue weighted by Crippen LogP contribution is -2.57. The molecule has 0 atom stereocenters. The summed E-state index contributed by atoms with van der Waals surface area (Å²) in [5.41, 5.74) is 5.45. The number of nitrogens with two attached hydrogens (primary N) is 1. The number of hydrogen-bond donors (Lipinski definition) is 2.